The summed E-state index contributed by atoms with van der Waals surface area (Å²) in [6.07, 6.45) is 2.01. The number of hydrogen-bond donors (Lipinski definition) is 2. The molecule has 1 aromatic carbocycles. The van der Waals surface area contributed by atoms with Crippen LogP contribution in [0.15, 0.2) is 29.3 Å². The van der Waals surface area contributed by atoms with Gasteiger partial charge in [0.15, 0.2) is 5.96 Å². The highest BCUT2D eigenvalue weighted by Gasteiger charge is 2.21. The second kappa shape index (κ2) is 6.16. The number of para-hydroxylation sites is 1. The van der Waals surface area contributed by atoms with E-state index >= 15 is 0 Å². The second-order valence-electron chi connectivity index (χ2n) is 6.35. The van der Waals surface area contributed by atoms with Crippen LogP contribution in [0.5, 0.6) is 0 Å². The predicted octanol–water partition coefficient (Wildman–Crippen LogP) is 1.67. The van der Waals surface area contributed by atoms with Gasteiger partial charge in [-0.2, -0.15) is 0 Å². The van der Waals surface area contributed by atoms with Gasteiger partial charge in [0.25, 0.3) is 0 Å². The van der Waals surface area contributed by atoms with Gasteiger partial charge in [-0.15, -0.1) is 0 Å². The molecule has 0 bridgehead atoms. The maximum Gasteiger partial charge on any atom is 0.248 e. The molecular weight excluding hydrogens is 264 g/mol. The van der Waals surface area contributed by atoms with Crippen molar-refractivity contribution in [2.75, 3.05) is 18.0 Å². The van der Waals surface area contributed by atoms with Gasteiger partial charge in [0, 0.05) is 17.8 Å². The highest BCUT2D eigenvalue weighted by Crippen LogP contribution is 2.26. The van der Waals surface area contributed by atoms with Crippen LogP contribution >= 0.6 is 0 Å². The summed E-state index contributed by atoms with van der Waals surface area (Å²) in [7, 11) is 0. The average molecular weight is 288 g/mol. The maximum absolute atomic E-state index is 12.4. The largest absolute Gasteiger partial charge is 0.370 e. The van der Waals surface area contributed by atoms with E-state index in [9.17, 15) is 4.79 Å². The van der Waals surface area contributed by atoms with E-state index in [1.807, 2.05) is 43.9 Å². The van der Waals surface area contributed by atoms with E-state index in [-0.39, 0.29) is 18.0 Å². The number of hydrogen-bond acceptors (Lipinski definition) is 2. The van der Waals surface area contributed by atoms with E-state index in [1.54, 1.807) is 0 Å². The van der Waals surface area contributed by atoms with Gasteiger partial charge >= 0.3 is 0 Å². The number of aliphatic imine (C=N–C) groups is 1. The van der Waals surface area contributed by atoms with Crippen LogP contribution < -0.4 is 16.0 Å². The van der Waals surface area contributed by atoms with E-state index in [0.717, 1.165) is 25.1 Å². The Morgan fingerprint density at radius 1 is 1.38 bits per heavy atom. The molecule has 114 valence electrons. The topological polar surface area (TPSA) is 70.7 Å². The number of carbonyl (C=O) groups excluding carboxylic acids is 1. The van der Waals surface area contributed by atoms with Crippen LogP contribution in [0, 0.1) is 0 Å². The van der Waals surface area contributed by atoms with Crippen molar-refractivity contribution in [3.8, 4) is 0 Å². The van der Waals surface area contributed by atoms with Crippen molar-refractivity contribution in [2.45, 2.75) is 39.2 Å². The average Bonchev–Trinajstić information content (AvgIpc) is 2.42. The smallest absolute Gasteiger partial charge is 0.248 e. The van der Waals surface area contributed by atoms with Gasteiger partial charge in [0.1, 0.15) is 6.54 Å². The first-order valence-corrected chi connectivity index (χ1v) is 7.33. The summed E-state index contributed by atoms with van der Waals surface area (Å²) in [5.74, 6) is 0.293. The van der Waals surface area contributed by atoms with Gasteiger partial charge < -0.3 is 16.0 Å². The Bertz CT molecular complexity index is 545. The number of amides is 1. The normalized spacial score (nSPS) is 15.6. The van der Waals surface area contributed by atoms with Crippen molar-refractivity contribution in [2.24, 2.45) is 10.7 Å². The van der Waals surface area contributed by atoms with E-state index in [0.29, 0.717) is 5.96 Å². The second-order valence-corrected chi connectivity index (χ2v) is 6.35. The molecule has 0 atom stereocenters. The van der Waals surface area contributed by atoms with Gasteiger partial charge in [-0.05, 0) is 45.2 Å². The SMILES string of the molecule is CC(C)(C)NC(N)=NCC(=O)N1CCCc2ccccc21. The number of benzene rings is 1. The third-order valence-electron chi connectivity index (χ3n) is 3.30. The van der Waals surface area contributed by atoms with Crippen LogP contribution in [0.4, 0.5) is 5.69 Å². The lowest BCUT2D eigenvalue weighted by molar-refractivity contribution is -0.117. The fraction of sp³-hybridized carbons (Fsp3) is 0.500. The molecule has 5 nitrogen and oxygen atoms in total. The fourth-order valence-corrected chi connectivity index (χ4v) is 2.45. The summed E-state index contributed by atoms with van der Waals surface area (Å²) in [5, 5.41) is 3.05. The zero-order chi connectivity index (χ0) is 15.5. The van der Waals surface area contributed by atoms with Crippen molar-refractivity contribution in [1.82, 2.24) is 5.32 Å². The molecule has 1 aliphatic rings. The lowest BCUT2D eigenvalue weighted by Crippen LogP contribution is -2.45. The Labute approximate surface area is 126 Å². The molecule has 0 aromatic heterocycles. The van der Waals surface area contributed by atoms with Crippen molar-refractivity contribution >= 4 is 17.6 Å². The number of carbonyl (C=O) groups is 1. The lowest BCUT2D eigenvalue weighted by atomic mass is 10.0. The first-order chi connectivity index (χ1) is 9.87. The number of rotatable bonds is 2. The monoisotopic (exact) mass is 288 g/mol. The van der Waals surface area contributed by atoms with Gasteiger partial charge in [-0.25, -0.2) is 4.99 Å². The molecule has 0 radical (unpaired) electrons. The van der Waals surface area contributed by atoms with E-state index < -0.39 is 0 Å². The summed E-state index contributed by atoms with van der Waals surface area (Å²) in [4.78, 5) is 18.3. The first-order valence-electron chi connectivity index (χ1n) is 7.33. The minimum atomic E-state index is -0.158. The van der Waals surface area contributed by atoms with Crippen molar-refractivity contribution < 1.29 is 4.79 Å². The van der Waals surface area contributed by atoms with Crippen molar-refractivity contribution in [3.63, 3.8) is 0 Å². The van der Waals surface area contributed by atoms with E-state index in [2.05, 4.69) is 16.4 Å². The van der Waals surface area contributed by atoms with Crippen LogP contribution in [0.25, 0.3) is 0 Å². The van der Waals surface area contributed by atoms with Crippen LogP contribution in [-0.4, -0.2) is 30.5 Å². The number of nitrogens with zero attached hydrogens (tertiary/aromatic N) is 2. The van der Waals surface area contributed by atoms with Crippen LogP contribution in [0.2, 0.25) is 0 Å². The number of fused-ring (bicyclic) bond motifs is 1. The van der Waals surface area contributed by atoms with Gasteiger partial charge in [-0.3, -0.25) is 4.79 Å². The molecule has 0 aliphatic carbocycles. The predicted molar refractivity (Wildman–Crippen MR) is 86.5 cm³/mol. The summed E-state index contributed by atoms with van der Waals surface area (Å²) in [6, 6.07) is 8.04. The van der Waals surface area contributed by atoms with Gasteiger partial charge in [0.05, 0.1) is 0 Å². The third-order valence-corrected chi connectivity index (χ3v) is 3.30. The minimum Gasteiger partial charge on any atom is -0.370 e. The van der Waals surface area contributed by atoms with Crippen LogP contribution in [-0.2, 0) is 11.2 Å². The highest BCUT2D eigenvalue weighted by molar-refractivity contribution is 5.97. The minimum absolute atomic E-state index is 0.0131. The molecule has 1 amide bonds. The molecule has 0 saturated heterocycles. The van der Waals surface area contributed by atoms with Crippen LogP contribution in [0.1, 0.15) is 32.8 Å². The molecule has 3 N–H and O–H groups in total. The van der Waals surface area contributed by atoms with E-state index in [1.165, 1.54) is 5.56 Å². The number of anilines is 1. The Morgan fingerprint density at radius 3 is 2.81 bits per heavy atom. The molecule has 21 heavy (non-hydrogen) atoms. The molecule has 1 aliphatic heterocycles. The molecule has 1 heterocycles. The molecule has 0 spiro atoms. The Kier molecular flexibility index (Phi) is 4.50. The lowest BCUT2D eigenvalue weighted by Gasteiger charge is -2.29. The van der Waals surface area contributed by atoms with Crippen molar-refractivity contribution in [1.29, 1.82) is 0 Å². The Balaban J connectivity index is 2.04. The molecular formula is C16H24N4O. The number of nitrogens with one attached hydrogen (secondary N) is 1. The fourth-order valence-electron chi connectivity index (χ4n) is 2.45. The number of nitrogens with two attached hydrogens (primary N) is 1. The van der Waals surface area contributed by atoms with Crippen LogP contribution in [0.3, 0.4) is 0 Å². The summed E-state index contributed by atoms with van der Waals surface area (Å²) in [6.45, 7) is 6.81. The zero-order valence-electron chi connectivity index (χ0n) is 13.0. The third kappa shape index (κ3) is 4.21. The van der Waals surface area contributed by atoms with Gasteiger partial charge in [-0.1, -0.05) is 18.2 Å². The molecule has 0 saturated carbocycles. The molecule has 0 unspecified atom stereocenters. The molecule has 1 aromatic rings. The summed E-state index contributed by atoms with van der Waals surface area (Å²) < 4.78 is 0. The summed E-state index contributed by atoms with van der Waals surface area (Å²) >= 11 is 0. The summed E-state index contributed by atoms with van der Waals surface area (Å²) in [5.41, 5.74) is 7.87. The number of aryl methyl sites for hydroxylation is 1. The zero-order valence-corrected chi connectivity index (χ0v) is 13.0. The quantitative estimate of drug-likeness (QED) is 0.642. The van der Waals surface area contributed by atoms with Crippen molar-refractivity contribution in [3.05, 3.63) is 29.8 Å². The maximum atomic E-state index is 12.4. The molecule has 5 heteroatoms. The highest BCUT2D eigenvalue weighted by atomic mass is 16.2. The first kappa shape index (κ1) is 15.4. The molecule has 2 rings (SSSR count). The standard InChI is InChI=1S/C16H24N4O/c1-16(2,3)19-15(17)18-11-14(21)20-10-6-8-12-7-4-5-9-13(12)20/h4-5,7,9H,6,8,10-11H2,1-3H3,(H3,17,18,19). The number of guanidine groups is 1. The Hall–Kier alpha value is -2.04. The van der Waals surface area contributed by atoms with Gasteiger partial charge in [0.2, 0.25) is 5.91 Å². The Morgan fingerprint density at radius 2 is 2.10 bits per heavy atom. The molecule has 0 fully saturated rings. The van der Waals surface area contributed by atoms with E-state index in [4.69, 9.17) is 5.73 Å².